The smallest absolute Gasteiger partial charge is 0.0770 e. The monoisotopic (exact) mass is 226 g/mol. The van der Waals surface area contributed by atoms with Gasteiger partial charge >= 0.3 is 0 Å². The molecule has 94 valence electrons. The van der Waals surface area contributed by atoms with Crippen LogP contribution in [0.1, 0.15) is 32.6 Å². The summed E-state index contributed by atoms with van der Waals surface area (Å²) in [5, 5.41) is 10.9. The molecule has 1 unspecified atom stereocenters. The molecule has 4 heteroatoms. The van der Waals surface area contributed by atoms with Crippen LogP contribution in [-0.4, -0.2) is 50.0 Å². The molecule has 4 nitrogen and oxygen atoms in total. The minimum absolute atomic E-state index is 0.306. The molecule has 2 saturated heterocycles. The average Bonchev–Trinajstić information content (AvgIpc) is 2.67. The molecule has 16 heavy (non-hydrogen) atoms. The Kier molecular flexibility index (Phi) is 4.19. The van der Waals surface area contributed by atoms with E-state index < -0.39 is 0 Å². The second-order valence-corrected chi connectivity index (χ2v) is 5.26. The zero-order valence-corrected chi connectivity index (χ0v) is 10.7. The molecule has 1 spiro atoms. The Morgan fingerprint density at radius 2 is 2.12 bits per heavy atom. The van der Waals surface area contributed by atoms with Gasteiger partial charge in [0.05, 0.1) is 11.7 Å². The van der Waals surface area contributed by atoms with E-state index in [4.69, 9.17) is 0 Å². The van der Waals surface area contributed by atoms with E-state index in [-0.39, 0.29) is 0 Å². The van der Waals surface area contributed by atoms with Crippen LogP contribution in [0, 0.1) is 0 Å². The molecular weight excluding hydrogens is 200 g/mol. The molecule has 2 heterocycles. The number of piperidine rings is 1. The Hall–Kier alpha value is -0.160. The molecule has 2 rings (SSSR count). The summed E-state index contributed by atoms with van der Waals surface area (Å²) in [6.07, 6.45) is 5.50. The van der Waals surface area contributed by atoms with Gasteiger partial charge in [-0.3, -0.25) is 10.6 Å². The van der Waals surface area contributed by atoms with Gasteiger partial charge in [-0.05, 0) is 45.9 Å². The lowest BCUT2D eigenvalue weighted by atomic mass is 9.85. The highest BCUT2D eigenvalue weighted by Crippen LogP contribution is 2.26. The van der Waals surface area contributed by atoms with E-state index in [9.17, 15) is 0 Å². The molecule has 0 amide bonds. The molecule has 3 N–H and O–H groups in total. The van der Waals surface area contributed by atoms with Crippen molar-refractivity contribution in [3.05, 3.63) is 0 Å². The van der Waals surface area contributed by atoms with Gasteiger partial charge in [0.25, 0.3) is 0 Å². The Morgan fingerprint density at radius 1 is 1.38 bits per heavy atom. The molecule has 0 radical (unpaired) electrons. The number of hydrogen-bond acceptors (Lipinski definition) is 4. The van der Waals surface area contributed by atoms with Crippen molar-refractivity contribution in [1.29, 1.82) is 0 Å². The standard InChI is InChI=1S/C12H26N4/c1-3-4-7-13-11-12(15-10-14-11)5-8-16(2)9-6-12/h11,13-15H,3-10H2,1-2H3. The molecule has 2 aliphatic rings. The third-order valence-electron chi connectivity index (χ3n) is 4.06. The molecule has 0 bridgehead atoms. The van der Waals surface area contributed by atoms with Crippen LogP contribution in [0.2, 0.25) is 0 Å². The van der Waals surface area contributed by atoms with Gasteiger partial charge in [0.1, 0.15) is 0 Å². The lowest BCUT2D eigenvalue weighted by Crippen LogP contribution is -2.60. The molecule has 1 atom stereocenters. The van der Waals surface area contributed by atoms with Gasteiger partial charge in [0.2, 0.25) is 0 Å². The predicted molar refractivity (Wildman–Crippen MR) is 67.3 cm³/mol. The minimum Gasteiger partial charge on any atom is -0.306 e. The first kappa shape index (κ1) is 12.3. The normalized spacial score (nSPS) is 30.0. The van der Waals surface area contributed by atoms with Crippen LogP contribution in [0.5, 0.6) is 0 Å². The van der Waals surface area contributed by atoms with Gasteiger partial charge in [-0.1, -0.05) is 13.3 Å². The van der Waals surface area contributed by atoms with Gasteiger partial charge in [-0.25, -0.2) is 0 Å². The number of rotatable bonds is 4. The summed E-state index contributed by atoms with van der Waals surface area (Å²) in [5.41, 5.74) is 0.306. The fourth-order valence-corrected chi connectivity index (χ4v) is 2.80. The Bertz CT molecular complexity index is 211. The van der Waals surface area contributed by atoms with Gasteiger partial charge < -0.3 is 10.2 Å². The third kappa shape index (κ3) is 2.56. The van der Waals surface area contributed by atoms with Gasteiger partial charge in [0, 0.05) is 6.67 Å². The van der Waals surface area contributed by atoms with Crippen molar-refractivity contribution in [2.24, 2.45) is 0 Å². The maximum absolute atomic E-state index is 3.67. The van der Waals surface area contributed by atoms with Crippen molar-refractivity contribution in [2.45, 2.75) is 44.3 Å². The van der Waals surface area contributed by atoms with E-state index in [0.717, 1.165) is 13.2 Å². The second-order valence-electron chi connectivity index (χ2n) is 5.26. The SMILES string of the molecule is CCCCNC1NCNC12CCN(C)CC2. The maximum atomic E-state index is 3.67. The lowest BCUT2D eigenvalue weighted by molar-refractivity contribution is 0.144. The molecule has 0 aromatic carbocycles. The molecule has 0 saturated carbocycles. The first-order chi connectivity index (χ1) is 7.77. The van der Waals surface area contributed by atoms with Gasteiger partial charge in [-0.2, -0.15) is 0 Å². The third-order valence-corrected chi connectivity index (χ3v) is 4.06. The van der Waals surface area contributed by atoms with E-state index in [0.29, 0.717) is 11.7 Å². The molecule has 2 fully saturated rings. The second kappa shape index (κ2) is 5.45. The summed E-state index contributed by atoms with van der Waals surface area (Å²) in [5.74, 6) is 0. The minimum atomic E-state index is 0.306. The van der Waals surface area contributed by atoms with Gasteiger partial charge in [-0.15, -0.1) is 0 Å². The summed E-state index contributed by atoms with van der Waals surface area (Å²) in [6.45, 7) is 6.75. The van der Waals surface area contributed by atoms with Crippen LogP contribution in [-0.2, 0) is 0 Å². The number of hydrogen-bond donors (Lipinski definition) is 3. The average molecular weight is 226 g/mol. The summed E-state index contributed by atoms with van der Waals surface area (Å²) < 4.78 is 0. The summed E-state index contributed by atoms with van der Waals surface area (Å²) in [6, 6.07) is 0. The van der Waals surface area contributed by atoms with Crippen molar-refractivity contribution in [2.75, 3.05) is 33.4 Å². The van der Waals surface area contributed by atoms with Crippen molar-refractivity contribution in [3.63, 3.8) is 0 Å². The van der Waals surface area contributed by atoms with Crippen LogP contribution in [0.3, 0.4) is 0 Å². The highest BCUT2D eigenvalue weighted by atomic mass is 15.3. The summed E-state index contributed by atoms with van der Waals surface area (Å²) in [7, 11) is 2.22. The van der Waals surface area contributed by atoms with Crippen molar-refractivity contribution < 1.29 is 0 Å². The van der Waals surface area contributed by atoms with E-state index in [1.807, 2.05) is 0 Å². The maximum Gasteiger partial charge on any atom is 0.0770 e. The van der Waals surface area contributed by atoms with E-state index >= 15 is 0 Å². The zero-order chi connectivity index (χ0) is 11.4. The Balaban J connectivity index is 1.86. The Labute approximate surface area is 99.2 Å². The summed E-state index contributed by atoms with van der Waals surface area (Å²) >= 11 is 0. The fraction of sp³-hybridized carbons (Fsp3) is 1.00. The summed E-state index contributed by atoms with van der Waals surface area (Å²) in [4.78, 5) is 2.42. The zero-order valence-electron chi connectivity index (χ0n) is 10.7. The van der Waals surface area contributed by atoms with Crippen LogP contribution in [0.25, 0.3) is 0 Å². The van der Waals surface area contributed by atoms with Gasteiger partial charge in [0.15, 0.2) is 0 Å². The van der Waals surface area contributed by atoms with E-state index in [2.05, 4.69) is 34.8 Å². The molecule has 0 aromatic rings. The largest absolute Gasteiger partial charge is 0.306 e. The number of likely N-dealkylation sites (tertiary alicyclic amines) is 1. The first-order valence-electron chi connectivity index (χ1n) is 6.67. The number of unbranched alkanes of at least 4 members (excludes halogenated alkanes) is 1. The molecule has 2 aliphatic heterocycles. The molecule has 0 aliphatic carbocycles. The fourth-order valence-electron chi connectivity index (χ4n) is 2.80. The van der Waals surface area contributed by atoms with Crippen molar-refractivity contribution in [1.82, 2.24) is 20.9 Å². The highest BCUT2D eigenvalue weighted by molar-refractivity contribution is 5.04. The van der Waals surface area contributed by atoms with Crippen LogP contribution in [0.15, 0.2) is 0 Å². The number of nitrogens with one attached hydrogen (secondary N) is 3. The first-order valence-corrected chi connectivity index (χ1v) is 6.67. The number of nitrogens with zero attached hydrogens (tertiary/aromatic N) is 1. The van der Waals surface area contributed by atoms with E-state index in [1.54, 1.807) is 0 Å². The van der Waals surface area contributed by atoms with Crippen molar-refractivity contribution in [3.8, 4) is 0 Å². The quantitative estimate of drug-likeness (QED) is 0.604. The topological polar surface area (TPSA) is 39.3 Å². The van der Waals surface area contributed by atoms with Crippen molar-refractivity contribution >= 4 is 0 Å². The predicted octanol–water partition coefficient (Wildman–Crippen LogP) is 0.317. The van der Waals surface area contributed by atoms with Crippen LogP contribution in [0.4, 0.5) is 0 Å². The highest BCUT2D eigenvalue weighted by Gasteiger charge is 2.43. The van der Waals surface area contributed by atoms with E-state index in [1.165, 1.54) is 38.8 Å². The lowest BCUT2D eigenvalue weighted by Gasteiger charge is -2.41. The molecular formula is C12H26N4. The molecule has 0 aromatic heterocycles. The Morgan fingerprint density at radius 3 is 2.81 bits per heavy atom. The van der Waals surface area contributed by atoms with Crippen LogP contribution >= 0.6 is 0 Å². The van der Waals surface area contributed by atoms with Crippen LogP contribution < -0.4 is 16.0 Å².